The number of esters is 1. The van der Waals surface area contributed by atoms with Crippen molar-refractivity contribution in [1.82, 2.24) is 8.75 Å². The Morgan fingerprint density at radius 3 is 1.83 bits per heavy atom. The highest BCUT2D eigenvalue weighted by atomic mass is 32.1. The van der Waals surface area contributed by atoms with Crippen LogP contribution in [0.2, 0.25) is 0 Å². The van der Waals surface area contributed by atoms with Crippen LogP contribution in [0.3, 0.4) is 0 Å². The van der Waals surface area contributed by atoms with Crippen LogP contribution in [0, 0.1) is 25.2 Å². The van der Waals surface area contributed by atoms with Crippen LogP contribution in [0.25, 0.3) is 20.2 Å². The molecule has 1 N–H and O–H groups in total. The van der Waals surface area contributed by atoms with E-state index in [0.717, 1.165) is 31.6 Å². The number of aromatic nitrogens is 2. The van der Waals surface area contributed by atoms with E-state index >= 15 is 0 Å². The highest BCUT2D eigenvalue weighted by Gasteiger charge is 2.35. The highest BCUT2D eigenvalue weighted by molar-refractivity contribution is 7.13. The first-order valence-electron chi connectivity index (χ1n) is 11.8. The molecule has 0 aliphatic heterocycles. The SMILES string of the molecule is CCO.CCOC(=O)C(C)(C)c1nsc2ccc(C)cc12.Cc1ccc2snc(C(C)(C)C#N)c2c1. The second-order valence-electron chi connectivity index (χ2n) is 9.46. The number of benzene rings is 2. The Bertz CT molecular complexity index is 1360. The molecule has 0 fully saturated rings. The smallest absolute Gasteiger partial charge is 0.317 e. The van der Waals surface area contributed by atoms with Crippen molar-refractivity contribution >= 4 is 49.2 Å². The van der Waals surface area contributed by atoms with Gasteiger partial charge in [-0.2, -0.15) is 14.0 Å². The Labute approximate surface area is 221 Å². The molecular formula is C28H35N3O3S2. The van der Waals surface area contributed by atoms with E-state index in [1.807, 2.05) is 47.6 Å². The second kappa shape index (κ2) is 12.4. The molecule has 2 aromatic carbocycles. The number of aliphatic hydroxyl groups is 1. The third-order valence-corrected chi connectivity index (χ3v) is 7.15. The fourth-order valence-electron chi connectivity index (χ4n) is 3.47. The summed E-state index contributed by atoms with van der Waals surface area (Å²) in [7, 11) is 0. The molecule has 2 heterocycles. The summed E-state index contributed by atoms with van der Waals surface area (Å²) in [5, 5.41) is 18.8. The van der Waals surface area contributed by atoms with E-state index in [0.29, 0.717) is 6.61 Å². The zero-order valence-electron chi connectivity index (χ0n) is 22.3. The minimum absolute atomic E-state index is 0.223. The minimum Gasteiger partial charge on any atom is -0.465 e. The number of carbonyl (C=O) groups excluding carboxylic acids is 1. The number of carbonyl (C=O) groups is 1. The van der Waals surface area contributed by atoms with Crippen LogP contribution in [-0.4, -0.2) is 33.0 Å². The quantitative estimate of drug-likeness (QED) is 0.293. The van der Waals surface area contributed by atoms with Crippen LogP contribution < -0.4 is 0 Å². The van der Waals surface area contributed by atoms with E-state index in [2.05, 4.69) is 52.1 Å². The van der Waals surface area contributed by atoms with E-state index in [-0.39, 0.29) is 12.6 Å². The van der Waals surface area contributed by atoms with E-state index in [1.54, 1.807) is 6.92 Å². The monoisotopic (exact) mass is 525 g/mol. The molecule has 4 aromatic rings. The lowest BCUT2D eigenvalue weighted by Crippen LogP contribution is -2.31. The Morgan fingerprint density at radius 1 is 0.944 bits per heavy atom. The van der Waals surface area contributed by atoms with Crippen LogP contribution in [0.1, 0.15) is 64.1 Å². The Kier molecular flexibility index (Phi) is 10.1. The number of hydrogen-bond donors (Lipinski definition) is 1. The van der Waals surface area contributed by atoms with Gasteiger partial charge in [0, 0.05) is 17.4 Å². The Morgan fingerprint density at radius 2 is 1.39 bits per heavy atom. The Hall–Kier alpha value is -2.86. The molecule has 0 unspecified atom stereocenters. The third-order valence-electron chi connectivity index (χ3n) is 5.50. The van der Waals surface area contributed by atoms with Crippen LogP contribution in [0.4, 0.5) is 0 Å². The molecule has 8 heteroatoms. The number of aryl methyl sites for hydroxylation is 2. The molecule has 0 amide bonds. The number of fused-ring (bicyclic) bond motifs is 2. The lowest BCUT2D eigenvalue weighted by atomic mass is 9.87. The van der Waals surface area contributed by atoms with Gasteiger partial charge in [-0.05, 0) is 103 Å². The average molecular weight is 526 g/mol. The van der Waals surface area contributed by atoms with Crippen molar-refractivity contribution in [1.29, 1.82) is 5.26 Å². The molecule has 0 bridgehead atoms. The van der Waals surface area contributed by atoms with Crippen molar-refractivity contribution in [2.75, 3.05) is 13.2 Å². The summed E-state index contributed by atoms with van der Waals surface area (Å²) in [6.07, 6.45) is 0. The maximum atomic E-state index is 12.0. The van der Waals surface area contributed by atoms with Crippen molar-refractivity contribution in [2.24, 2.45) is 0 Å². The molecule has 6 nitrogen and oxygen atoms in total. The summed E-state index contributed by atoms with van der Waals surface area (Å²) < 4.78 is 16.2. The van der Waals surface area contributed by atoms with E-state index < -0.39 is 10.8 Å². The lowest BCUT2D eigenvalue weighted by molar-refractivity contribution is -0.148. The lowest BCUT2D eigenvalue weighted by Gasteiger charge is -2.20. The first-order chi connectivity index (χ1) is 16.9. The first kappa shape index (κ1) is 29.4. The standard InChI is InChI=1S/C14H17NO2S.C12H12N2S.C2H6O/c1-5-17-13(16)14(3,4)12-10-8-9(2)6-7-11(10)18-15-12;1-8-4-5-10-9(6-8)11(14-15-10)12(2,3)7-13;1-2-3/h6-8H,5H2,1-4H3;4-6H,1-3H3;3H,2H2,1H3. The maximum Gasteiger partial charge on any atom is 0.317 e. The molecule has 0 saturated carbocycles. The number of nitriles is 1. The summed E-state index contributed by atoms with van der Waals surface area (Å²) >= 11 is 2.89. The summed E-state index contributed by atoms with van der Waals surface area (Å²) in [5.41, 5.74) is 2.87. The van der Waals surface area contributed by atoms with Crippen LogP contribution >= 0.6 is 23.1 Å². The maximum absolute atomic E-state index is 12.0. The summed E-state index contributed by atoms with van der Waals surface area (Å²) in [6, 6.07) is 14.7. The van der Waals surface area contributed by atoms with Gasteiger partial charge >= 0.3 is 5.97 Å². The molecule has 36 heavy (non-hydrogen) atoms. The normalized spacial score (nSPS) is 11.2. The molecule has 2 aromatic heterocycles. The molecule has 192 valence electrons. The highest BCUT2D eigenvalue weighted by Crippen LogP contribution is 2.34. The zero-order valence-corrected chi connectivity index (χ0v) is 23.9. The summed E-state index contributed by atoms with van der Waals surface area (Å²) in [6.45, 7) is 15.8. The van der Waals surface area contributed by atoms with Gasteiger partial charge in [-0.15, -0.1) is 0 Å². The average Bonchev–Trinajstić information content (AvgIpc) is 3.44. The fourth-order valence-corrected chi connectivity index (χ4v) is 5.27. The number of hydrogen-bond acceptors (Lipinski definition) is 8. The van der Waals surface area contributed by atoms with Gasteiger partial charge < -0.3 is 9.84 Å². The predicted octanol–water partition coefficient (Wildman–Crippen LogP) is 6.85. The Balaban J connectivity index is 0.000000232. The van der Waals surface area contributed by atoms with E-state index in [4.69, 9.17) is 15.1 Å². The van der Waals surface area contributed by atoms with E-state index in [9.17, 15) is 4.79 Å². The molecule has 4 rings (SSSR count). The van der Waals surface area contributed by atoms with Gasteiger partial charge in [0.2, 0.25) is 0 Å². The zero-order chi connectivity index (χ0) is 27.1. The van der Waals surface area contributed by atoms with Gasteiger partial charge in [0.1, 0.15) is 5.41 Å². The van der Waals surface area contributed by atoms with Gasteiger partial charge in [0.05, 0.1) is 38.9 Å². The van der Waals surface area contributed by atoms with Crippen LogP contribution in [-0.2, 0) is 20.4 Å². The largest absolute Gasteiger partial charge is 0.465 e. The molecule has 0 aliphatic carbocycles. The van der Waals surface area contributed by atoms with Gasteiger partial charge in [-0.25, -0.2) is 0 Å². The van der Waals surface area contributed by atoms with Gasteiger partial charge in [0.25, 0.3) is 0 Å². The number of aliphatic hydroxyl groups excluding tert-OH is 1. The molecular weight excluding hydrogens is 490 g/mol. The van der Waals surface area contributed by atoms with Crippen LogP contribution in [0.15, 0.2) is 36.4 Å². The number of nitrogens with zero attached hydrogens (tertiary/aromatic N) is 3. The first-order valence-corrected chi connectivity index (χ1v) is 13.4. The van der Waals surface area contributed by atoms with Crippen molar-refractivity contribution in [3.8, 4) is 6.07 Å². The van der Waals surface area contributed by atoms with E-state index in [1.165, 1.54) is 34.2 Å². The molecule has 0 radical (unpaired) electrons. The van der Waals surface area contributed by atoms with Gasteiger partial charge in [-0.1, -0.05) is 23.3 Å². The summed E-state index contributed by atoms with van der Waals surface area (Å²) in [5.74, 6) is -0.223. The second-order valence-corrected chi connectivity index (χ2v) is 11.1. The van der Waals surface area contributed by atoms with Crippen LogP contribution in [0.5, 0.6) is 0 Å². The molecule has 0 aliphatic rings. The van der Waals surface area contributed by atoms with Crippen molar-refractivity contribution < 1.29 is 14.6 Å². The topological polar surface area (TPSA) is 96.1 Å². The minimum atomic E-state index is -0.706. The summed E-state index contributed by atoms with van der Waals surface area (Å²) in [4.78, 5) is 12.0. The van der Waals surface area contributed by atoms with Crippen molar-refractivity contribution in [2.45, 2.75) is 66.2 Å². The van der Waals surface area contributed by atoms with Gasteiger partial charge in [-0.3, -0.25) is 4.79 Å². The third kappa shape index (κ3) is 6.67. The van der Waals surface area contributed by atoms with Crippen molar-refractivity contribution in [3.05, 3.63) is 58.9 Å². The van der Waals surface area contributed by atoms with Gasteiger partial charge in [0.15, 0.2) is 0 Å². The number of rotatable bonds is 4. The fraction of sp³-hybridized carbons (Fsp3) is 0.429. The van der Waals surface area contributed by atoms with Crippen molar-refractivity contribution in [3.63, 3.8) is 0 Å². The predicted molar refractivity (Wildman–Crippen MR) is 150 cm³/mol. The molecule has 0 saturated heterocycles. The molecule has 0 spiro atoms. The number of ether oxygens (including phenoxy) is 1. The molecule has 0 atom stereocenters.